The van der Waals surface area contributed by atoms with Gasteiger partial charge in [0.15, 0.2) is 0 Å². The molecule has 0 spiro atoms. The van der Waals surface area contributed by atoms with E-state index in [9.17, 15) is 9.18 Å². The first-order valence-electron chi connectivity index (χ1n) is 5.81. The molecule has 17 heavy (non-hydrogen) atoms. The summed E-state index contributed by atoms with van der Waals surface area (Å²) in [6.07, 6.45) is 2.21. The zero-order valence-electron chi connectivity index (χ0n) is 9.53. The third kappa shape index (κ3) is 3.19. The number of amides is 1. The van der Waals surface area contributed by atoms with Crippen molar-refractivity contribution in [2.24, 2.45) is 0 Å². The Morgan fingerprint density at radius 1 is 1.41 bits per heavy atom. The molecule has 1 aliphatic rings. The number of halogens is 2. The molecule has 0 aromatic heterocycles. The Labute approximate surface area is 105 Å². The van der Waals surface area contributed by atoms with Crippen LogP contribution in [0.4, 0.5) is 4.39 Å². The largest absolute Gasteiger partial charge is 0.338 e. The molecule has 2 rings (SSSR count). The van der Waals surface area contributed by atoms with E-state index < -0.39 is 0 Å². The van der Waals surface area contributed by atoms with E-state index in [2.05, 4.69) is 0 Å². The van der Waals surface area contributed by atoms with Gasteiger partial charge >= 0.3 is 0 Å². The molecule has 92 valence electrons. The van der Waals surface area contributed by atoms with E-state index in [0.717, 1.165) is 12.8 Å². The van der Waals surface area contributed by atoms with Gasteiger partial charge in [0.25, 0.3) is 0 Å². The molecule has 0 radical (unpaired) electrons. The van der Waals surface area contributed by atoms with Gasteiger partial charge in [-0.05, 0) is 24.5 Å². The lowest BCUT2D eigenvalue weighted by molar-refractivity contribution is -0.130. The van der Waals surface area contributed by atoms with Crippen LogP contribution in [0.5, 0.6) is 0 Å². The zero-order valence-corrected chi connectivity index (χ0v) is 10.3. The maximum absolute atomic E-state index is 13.4. The summed E-state index contributed by atoms with van der Waals surface area (Å²) < 4.78 is 13.4. The molecule has 4 heteroatoms. The number of carbonyl (C=O) groups is 1. The lowest BCUT2D eigenvalue weighted by Gasteiger charge is -2.21. The minimum Gasteiger partial charge on any atom is -0.338 e. The van der Waals surface area contributed by atoms with Gasteiger partial charge in [-0.2, -0.15) is 0 Å². The number of alkyl halides is 1. The van der Waals surface area contributed by atoms with Gasteiger partial charge in [0.1, 0.15) is 5.82 Å². The van der Waals surface area contributed by atoms with Crippen molar-refractivity contribution in [3.63, 3.8) is 0 Å². The molecule has 0 N–H and O–H groups in total. The number of rotatable bonds is 5. The third-order valence-corrected chi connectivity index (χ3v) is 3.10. The molecule has 0 heterocycles. The second kappa shape index (κ2) is 5.50. The molecule has 1 amide bonds. The van der Waals surface area contributed by atoms with E-state index in [1.807, 2.05) is 0 Å². The van der Waals surface area contributed by atoms with Gasteiger partial charge < -0.3 is 4.90 Å². The van der Waals surface area contributed by atoms with Crippen LogP contribution in [0.1, 0.15) is 18.4 Å². The molecule has 0 atom stereocenters. The highest BCUT2D eigenvalue weighted by Gasteiger charge is 2.32. The number of hydrogen-bond acceptors (Lipinski definition) is 1. The molecule has 0 unspecified atom stereocenters. The monoisotopic (exact) mass is 255 g/mol. The Balaban J connectivity index is 2.02. The molecule has 1 aliphatic carbocycles. The van der Waals surface area contributed by atoms with Crippen LogP contribution in [0.15, 0.2) is 24.3 Å². The maximum Gasteiger partial charge on any atom is 0.227 e. The van der Waals surface area contributed by atoms with Crippen molar-refractivity contribution in [2.75, 3.05) is 12.4 Å². The van der Waals surface area contributed by atoms with Crippen LogP contribution in [0.2, 0.25) is 0 Å². The van der Waals surface area contributed by atoms with E-state index in [0.29, 0.717) is 24.0 Å². The third-order valence-electron chi connectivity index (χ3n) is 2.93. The SMILES string of the molecule is O=C(Cc1ccccc1F)N(CCCl)C1CC1. The Hall–Kier alpha value is -1.09. The van der Waals surface area contributed by atoms with Gasteiger partial charge in [-0.1, -0.05) is 18.2 Å². The van der Waals surface area contributed by atoms with E-state index in [4.69, 9.17) is 11.6 Å². The first kappa shape index (κ1) is 12.4. The fourth-order valence-corrected chi connectivity index (χ4v) is 2.08. The smallest absolute Gasteiger partial charge is 0.227 e. The van der Waals surface area contributed by atoms with Gasteiger partial charge in [0.05, 0.1) is 6.42 Å². The molecular weight excluding hydrogens is 241 g/mol. The number of nitrogens with zero attached hydrogens (tertiary/aromatic N) is 1. The van der Waals surface area contributed by atoms with Crippen molar-refractivity contribution >= 4 is 17.5 Å². The zero-order chi connectivity index (χ0) is 12.3. The number of benzene rings is 1. The fourth-order valence-electron chi connectivity index (χ4n) is 1.89. The Bertz CT molecular complexity index is 406. The van der Waals surface area contributed by atoms with Gasteiger partial charge in [-0.3, -0.25) is 4.79 Å². The molecule has 1 aromatic rings. The molecule has 2 nitrogen and oxygen atoms in total. The summed E-state index contributed by atoms with van der Waals surface area (Å²) in [5.41, 5.74) is 0.456. The summed E-state index contributed by atoms with van der Waals surface area (Å²) in [7, 11) is 0. The number of hydrogen-bond donors (Lipinski definition) is 0. The predicted molar refractivity (Wildman–Crippen MR) is 65.6 cm³/mol. The van der Waals surface area contributed by atoms with Crippen LogP contribution in [0, 0.1) is 5.82 Å². The summed E-state index contributed by atoms with van der Waals surface area (Å²) in [6, 6.07) is 6.73. The van der Waals surface area contributed by atoms with E-state index in [1.165, 1.54) is 6.07 Å². The van der Waals surface area contributed by atoms with E-state index in [-0.39, 0.29) is 18.1 Å². The highest BCUT2D eigenvalue weighted by atomic mass is 35.5. The Kier molecular flexibility index (Phi) is 4.00. The fraction of sp³-hybridized carbons (Fsp3) is 0.462. The molecule has 1 saturated carbocycles. The van der Waals surface area contributed by atoms with Crippen LogP contribution in [-0.2, 0) is 11.2 Å². The Morgan fingerprint density at radius 2 is 2.12 bits per heavy atom. The summed E-state index contributed by atoms with van der Waals surface area (Å²) in [4.78, 5) is 13.8. The van der Waals surface area contributed by atoms with Crippen LogP contribution in [0.3, 0.4) is 0 Å². The molecule has 1 aromatic carbocycles. The lowest BCUT2D eigenvalue weighted by Crippen LogP contribution is -2.36. The van der Waals surface area contributed by atoms with Crippen molar-refractivity contribution in [1.29, 1.82) is 0 Å². The van der Waals surface area contributed by atoms with Crippen molar-refractivity contribution in [3.8, 4) is 0 Å². The molecule has 0 saturated heterocycles. The minimum atomic E-state index is -0.317. The molecule has 1 fully saturated rings. The summed E-state index contributed by atoms with van der Waals surface area (Å²) in [5.74, 6) is 0.0835. The Morgan fingerprint density at radius 3 is 2.71 bits per heavy atom. The van der Waals surface area contributed by atoms with E-state index >= 15 is 0 Å². The van der Waals surface area contributed by atoms with Crippen LogP contribution < -0.4 is 0 Å². The topological polar surface area (TPSA) is 20.3 Å². The normalized spacial score (nSPS) is 14.7. The summed E-state index contributed by atoms with van der Waals surface area (Å²) >= 11 is 5.68. The lowest BCUT2D eigenvalue weighted by atomic mass is 10.1. The standard InChI is InChI=1S/C13H15ClFNO/c14-7-8-16(11-5-6-11)13(17)9-10-3-1-2-4-12(10)15/h1-4,11H,5-9H2. The summed E-state index contributed by atoms with van der Waals surface area (Å²) in [6.45, 7) is 0.555. The number of carbonyl (C=O) groups excluding carboxylic acids is 1. The molecule has 0 bridgehead atoms. The van der Waals surface area contributed by atoms with Gasteiger partial charge in [-0.15, -0.1) is 11.6 Å². The molecule has 0 aliphatic heterocycles. The van der Waals surface area contributed by atoms with E-state index in [1.54, 1.807) is 23.1 Å². The van der Waals surface area contributed by atoms with Gasteiger partial charge in [0.2, 0.25) is 5.91 Å². The van der Waals surface area contributed by atoms with Crippen LogP contribution >= 0.6 is 11.6 Å². The maximum atomic E-state index is 13.4. The minimum absolute atomic E-state index is 0.0294. The average Bonchev–Trinajstić information content (AvgIpc) is 3.13. The second-order valence-electron chi connectivity index (χ2n) is 4.28. The molecular formula is C13H15ClFNO. The van der Waals surface area contributed by atoms with Crippen LogP contribution in [0.25, 0.3) is 0 Å². The average molecular weight is 256 g/mol. The second-order valence-corrected chi connectivity index (χ2v) is 4.65. The van der Waals surface area contributed by atoms with Crippen molar-refractivity contribution in [2.45, 2.75) is 25.3 Å². The van der Waals surface area contributed by atoms with Gasteiger partial charge in [-0.25, -0.2) is 4.39 Å². The highest BCUT2D eigenvalue weighted by Crippen LogP contribution is 2.27. The van der Waals surface area contributed by atoms with Gasteiger partial charge in [0, 0.05) is 18.5 Å². The summed E-state index contributed by atoms with van der Waals surface area (Å²) in [5, 5.41) is 0. The van der Waals surface area contributed by atoms with Crippen LogP contribution in [-0.4, -0.2) is 29.3 Å². The van der Waals surface area contributed by atoms with Crippen molar-refractivity contribution in [3.05, 3.63) is 35.6 Å². The first-order chi connectivity index (χ1) is 8.22. The quantitative estimate of drug-likeness (QED) is 0.741. The first-order valence-corrected chi connectivity index (χ1v) is 6.34. The van der Waals surface area contributed by atoms with Crippen molar-refractivity contribution < 1.29 is 9.18 Å². The highest BCUT2D eigenvalue weighted by molar-refractivity contribution is 6.18. The predicted octanol–water partition coefficient (Wildman–Crippen LogP) is 2.60. The van der Waals surface area contributed by atoms with Crippen molar-refractivity contribution in [1.82, 2.24) is 4.90 Å².